The number of aromatic nitrogens is 2. The fourth-order valence-corrected chi connectivity index (χ4v) is 2.50. The third kappa shape index (κ3) is 1.94. The molecular weight excluding hydrogens is 248 g/mol. The first-order valence-electron chi connectivity index (χ1n) is 4.62. The number of halogens is 1. The van der Waals surface area contributed by atoms with E-state index < -0.39 is 0 Å². The molecule has 1 amide bonds. The molecule has 0 saturated carbocycles. The van der Waals surface area contributed by atoms with Gasteiger partial charge < -0.3 is 11.1 Å². The van der Waals surface area contributed by atoms with E-state index in [9.17, 15) is 4.79 Å². The Bertz CT molecular complexity index is 554. The SMILES string of the molecule is CCNC(=O)c1cc2c(Cl)nc(N)nc2s1. The van der Waals surface area contributed by atoms with Crippen LogP contribution in [0.3, 0.4) is 0 Å². The van der Waals surface area contributed by atoms with E-state index in [0.717, 1.165) is 0 Å². The van der Waals surface area contributed by atoms with Gasteiger partial charge in [0.1, 0.15) is 9.98 Å². The van der Waals surface area contributed by atoms with Gasteiger partial charge in [-0.2, -0.15) is 0 Å². The molecule has 0 aliphatic rings. The first kappa shape index (κ1) is 11.1. The van der Waals surface area contributed by atoms with Gasteiger partial charge in [-0.05, 0) is 13.0 Å². The molecule has 16 heavy (non-hydrogen) atoms. The van der Waals surface area contributed by atoms with Crippen LogP contribution < -0.4 is 11.1 Å². The van der Waals surface area contributed by atoms with Gasteiger partial charge in [0.05, 0.1) is 4.88 Å². The van der Waals surface area contributed by atoms with Crippen molar-refractivity contribution in [2.75, 3.05) is 12.3 Å². The lowest BCUT2D eigenvalue weighted by Gasteiger charge is -1.95. The van der Waals surface area contributed by atoms with E-state index in [2.05, 4.69) is 15.3 Å². The van der Waals surface area contributed by atoms with Crippen molar-refractivity contribution in [2.45, 2.75) is 6.92 Å². The lowest BCUT2D eigenvalue weighted by molar-refractivity contribution is 0.0960. The largest absolute Gasteiger partial charge is 0.368 e. The molecule has 0 fully saturated rings. The highest BCUT2D eigenvalue weighted by molar-refractivity contribution is 7.20. The van der Waals surface area contributed by atoms with E-state index >= 15 is 0 Å². The highest BCUT2D eigenvalue weighted by Crippen LogP contribution is 2.29. The van der Waals surface area contributed by atoms with Crippen molar-refractivity contribution in [3.63, 3.8) is 0 Å². The summed E-state index contributed by atoms with van der Waals surface area (Å²) in [5.74, 6) is -0.0260. The van der Waals surface area contributed by atoms with Gasteiger partial charge in [-0.15, -0.1) is 11.3 Å². The van der Waals surface area contributed by atoms with Gasteiger partial charge in [0.25, 0.3) is 5.91 Å². The lowest BCUT2D eigenvalue weighted by atomic mass is 10.3. The second-order valence-electron chi connectivity index (χ2n) is 3.06. The van der Waals surface area contributed by atoms with Crippen molar-refractivity contribution in [3.8, 4) is 0 Å². The molecular formula is C9H9ClN4OS. The molecule has 0 bridgehead atoms. The first-order chi connectivity index (χ1) is 7.61. The van der Waals surface area contributed by atoms with Crippen LogP contribution in [0.5, 0.6) is 0 Å². The van der Waals surface area contributed by atoms with E-state index in [0.29, 0.717) is 21.6 Å². The van der Waals surface area contributed by atoms with E-state index in [-0.39, 0.29) is 17.0 Å². The Balaban J connectivity index is 2.51. The number of thiophene rings is 1. The summed E-state index contributed by atoms with van der Waals surface area (Å²) in [5, 5.41) is 3.63. The Morgan fingerprint density at radius 3 is 3.06 bits per heavy atom. The Hall–Kier alpha value is -1.40. The van der Waals surface area contributed by atoms with Crippen LogP contribution in [0.25, 0.3) is 10.2 Å². The number of anilines is 1. The van der Waals surface area contributed by atoms with Gasteiger partial charge in [-0.1, -0.05) is 11.6 Å². The van der Waals surface area contributed by atoms with E-state index in [1.165, 1.54) is 11.3 Å². The number of carbonyl (C=O) groups is 1. The molecule has 0 unspecified atom stereocenters. The van der Waals surface area contributed by atoms with Gasteiger partial charge in [-0.3, -0.25) is 4.79 Å². The quantitative estimate of drug-likeness (QED) is 0.801. The maximum atomic E-state index is 11.6. The van der Waals surface area contributed by atoms with Crippen LogP contribution >= 0.6 is 22.9 Å². The predicted molar refractivity (Wildman–Crippen MR) is 64.8 cm³/mol. The second-order valence-corrected chi connectivity index (χ2v) is 4.45. The molecule has 2 aromatic rings. The monoisotopic (exact) mass is 256 g/mol. The number of hydrogen-bond acceptors (Lipinski definition) is 5. The van der Waals surface area contributed by atoms with E-state index in [1.54, 1.807) is 6.07 Å². The number of nitrogens with one attached hydrogen (secondary N) is 1. The smallest absolute Gasteiger partial charge is 0.261 e. The highest BCUT2D eigenvalue weighted by Gasteiger charge is 2.13. The number of rotatable bonds is 2. The molecule has 0 aliphatic carbocycles. The molecule has 84 valence electrons. The molecule has 0 saturated heterocycles. The zero-order chi connectivity index (χ0) is 11.7. The van der Waals surface area contributed by atoms with E-state index in [4.69, 9.17) is 17.3 Å². The van der Waals surface area contributed by atoms with Crippen LogP contribution in [-0.2, 0) is 0 Å². The van der Waals surface area contributed by atoms with Crippen molar-refractivity contribution in [3.05, 3.63) is 16.1 Å². The number of carbonyl (C=O) groups excluding carboxylic acids is 1. The molecule has 0 aromatic carbocycles. The molecule has 0 atom stereocenters. The van der Waals surface area contributed by atoms with Gasteiger partial charge in [-0.25, -0.2) is 9.97 Å². The van der Waals surface area contributed by atoms with Crippen molar-refractivity contribution in [1.82, 2.24) is 15.3 Å². The summed E-state index contributed by atoms with van der Waals surface area (Å²) < 4.78 is 0. The van der Waals surface area contributed by atoms with Crippen LogP contribution in [0.15, 0.2) is 6.07 Å². The Labute approximate surface area is 101 Å². The third-order valence-electron chi connectivity index (χ3n) is 1.92. The zero-order valence-electron chi connectivity index (χ0n) is 8.45. The summed E-state index contributed by atoms with van der Waals surface area (Å²) in [6.07, 6.45) is 0. The number of nitrogens with zero attached hydrogens (tertiary/aromatic N) is 2. The maximum Gasteiger partial charge on any atom is 0.261 e. The molecule has 2 heterocycles. The molecule has 7 heteroatoms. The number of nitrogen functional groups attached to an aromatic ring is 1. The summed E-state index contributed by atoms with van der Waals surface area (Å²) in [6, 6.07) is 1.67. The number of amides is 1. The van der Waals surface area contributed by atoms with Crippen LogP contribution in [0.2, 0.25) is 5.15 Å². The maximum absolute atomic E-state index is 11.6. The van der Waals surface area contributed by atoms with Crippen molar-refractivity contribution < 1.29 is 4.79 Å². The molecule has 3 N–H and O–H groups in total. The minimum atomic E-state index is -0.139. The Morgan fingerprint density at radius 1 is 1.62 bits per heavy atom. The molecule has 2 aromatic heterocycles. The Morgan fingerprint density at radius 2 is 2.38 bits per heavy atom. The standard InChI is InChI=1S/C9H9ClN4OS/c1-2-12-7(15)5-3-4-6(10)13-9(11)14-8(4)16-5/h3H,2H2,1H3,(H,12,15)(H2,11,13,14). The molecule has 0 aliphatic heterocycles. The van der Waals surface area contributed by atoms with Crippen molar-refractivity contribution >= 4 is 45.0 Å². The fourth-order valence-electron chi connectivity index (χ4n) is 1.26. The van der Waals surface area contributed by atoms with Gasteiger partial charge in [0.2, 0.25) is 5.95 Å². The van der Waals surface area contributed by atoms with E-state index in [1.807, 2.05) is 6.92 Å². The van der Waals surface area contributed by atoms with Crippen LogP contribution in [0, 0.1) is 0 Å². The van der Waals surface area contributed by atoms with Gasteiger partial charge in [0.15, 0.2) is 0 Å². The predicted octanol–water partition coefficient (Wildman–Crippen LogP) is 1.68. The normalized spacial score (nSPS) is 10.6. The zero-order valence-corrected chi connectivity index (χ0v) is 10.0. The van der Waals surface area contributed by atoms with Crippen LogP contribution in [0.1, 0.15) is 16.6 Å². The van der Waals surface area contributed by atoms with Gasteiger partial charge in [0, 0.05) is 11.9 Å². The number of nitrogens with two attached hydrogens (primary N) is 1. The lowest BCUT2D eigenvalue weighted by Crippen LogP contribution is -2.21. The topological polar surface area (TPSA) is 80.9 Å². The van der Waals surface area contributed by atoms with Crippen LogP contribution in [-0.4, -0.2) is 22.4 Å². The average molecular weight is 257 g/mol. The van der Waals surface area contributed by atoms with Crippen LogP contribution in [0.4, 0.5) is 5.95 Å². The summed E-state index contributed by atoms with van der Waals surface area (Å²) >= 11 is 7.15. The average Bonchev–Trinajstić information content (AvgIpc) is 2.62. The summed E-state index contributed by atoms with van der Waals surface area (Å²) in [6.45, 7) is 2.44. The number of hydrogen-bond donors (Lipinski definition) is 2. The second kappa shape index (κ2) is 4.23. The first-order valence-corrected chi connectivity index (χ1v) is 5.82. The summed E-state index contributed by atoms with van der Waals surface area (Å²) in [4.78, 5) is 20.6. The summed E-state index contributed by atoms with van der Waals surface area (Å²) in [5.41, 5.74) is 5.47. The number of fused-ring (bicyclic) bond motifs is 1. The molecule has 0 radical (unpaired) electrons. The van der Waals surface area contributed by atoms with Crippen molar-refractivity contribution in [2.24, 2.45) is 0 Å². The van der Waals surface area contributed by atoms with Crippen molar-refractivity contribution in [1.29, 1.82) is 0 Å². The minimum Gasteiger partial charge on any atom is -0.368 e. The molecule has 5 nitrogen and oxygen atoms in total. The molecule has 0 spiro atoms. The Kier molecular flexibility index (Phi) is 2.93. The fraction of sp³-hybridized carbons (Fsp3) is 0.222. The minimum absolute atomic E-state index is 0.113. The molecule has 2 rings (SSSR count). The third-order valence-corrected chi connectivity index (χ3v) is 3.24. The highest BCUT2D eigenvalue weighted by atomic mass is 35.5. The summed E-state index contributed by atoms with van der Waals surface area (Å²) in [7, 11) is 0. The van der Waals surface area contributed by atoms with Gasteiger partial charge >= 0.3 is 0 Å².